The number of benzene rings is 1. The molecule has 3 heteroatoms. The van der Waals surface area contributed by atoms with Crippen molar-refractivity contribution in [3.8, 4) is 0 Å². The molecule has 3 atom stereocenters. The first-order valence-electron chi connectivity index (χ1n) is 7.04. The Morgan fingerprint density at radius 1 is 1.33 bits per heavy atom. The summed E-state index contributed by atoms with van der Waals surface area (Å²) < 4.78 is 0. The topological polar surface area (TPSA) is 38.0 Å². The minimum atomic E-state index is 0.480. The quantitative estimate of drug-likeness (QED) is 0.647. The first-order valence-corrected chi connectivity index (χ1v) is 8.09. The fraction of sp³-hybridized carbons (Fsp3) is 0.600. The Balaban J connectivity index is 1.61. The maximum atomic E-state index is 5.79. The van der Waals surface area contributed by atoms with Crippen molar-refractivity contribution < 1.29 is 0 Å². The van der Waals surface area contributed by atoms with Crippen LogP contribution in [0.5, 0.6) is 0 Å². The Morgan fingerprint density at radius 2 is 2.22 bits per heavy atom. The molecule has 1 aliphatic carbocycles. The summed E-state index contributed by atoms with van der Waals surface area (Å²) in [5.74, 6) is 7.82. The van der Waals surface area contributed by atoms with Crippen LogP contribution >= 0.6 is 11.8 Å². The number of thioether (sulfide) groups is 1. The van der Waals surface area contributed by atoms with Crippen LogP contribution in [-0.2, 0) is 6.42 Å². The molecule has 1 heterocycles. The third kappa shape index (κ3) is 2.44. The van der Waals surface area contributed by atoms with Crippen molar-refractivity contribution in [1.82, 2.24) is 5.43 Å². The van der Waals surface area contributed by atoms with E-state index in [1.54, 1.807) is 5.56 Å². The van der Waals surface area contributed by atoms with Crippen LogP contribution in [0.3, 0.4) is 0 Å². The monoisotopic (exact) mass is 262 g/mol. The van der Waals surface area contributed by atoms with Crippen LogP contribution in [0, 0.1) is 0 Å². The van der Waals surface area contributed by atoms with Crippen LogP contribution in [-0.4, -0.2) is 17.0 Å². The molecule has 3 N–H and O–H groups in total. The zero-order valence-corrected chi connectivity index (χ0v) is 11.6. The van der Waals surface area contributed by atoms with Gasteiger partial charge in [-0.15, -0.1) is 0 Å². The van der Waals surface area contributed by atoms with E-state index in [2.05, 4.69) is 41.5 Å². The van der Waals surface area contributed by atoms with Gasteiger partial charge in [0.05, 0.1) is 0 Å². The number of hydrogen-bond acceptors (Lipinski definition) is 3. The summed E-state index contributed by atoms with van der Waals surface area (Å²) in [7, 11) is 0. The maximum absolute atomic E-state index is 5.79. The molecule has 0 amide bonds. The van der Waals surface area contributed by atoms with E-state index in [0.717, 1.165) is 11.2 Å². The second-order valence-corrected chi connectivity index (χ2v) is 6.86. The van der Waals surface area contributed by atoms with Gasteiger partial charge in [0.1, 0.15) is 0 Å². The van der Waals surface area contributed by atoms with E-state index < -0.39 is 0 Å². The minimum absolute atomic E-state index is 0.480. The molecule has 0 radical (unpaired) electrons. The van der Waals surface area contributed by atoms with E-state index in [1.165, 1.54) is 43.4 Å². The van der Waals surface area contributed by atoms with Gasteiger partial charge in [0.25, 0.3) is 0 Å². The molecule has 2 aliphatic rings. The van der Waals surface area contributed by atoms with Crippen molar-refractivity contribution in [2.75, 3.05) is 5.75 Å². The fourth-order valence-electron chi connectivity index (χ4n) is 3.29. The standard InChI is InChI=1S/C15H22N2S/c16-17-14(15-7-3-4-8-18-15)10-12-9-11-5-1-2-6-13(11)12/h1-2,5-6,12,14-15,17H,3-4,7-10,16H2. The molecule has 0 spiro atoms. The summed E-state index contributed by atoms with van der Waals surface area (Å²) in [4.78, 5) is 0. The van der Waals surface area contributed by atoms with Gasteiger partial charge in [-0.05, 0) is 48.5 Å². The van der Waals surface area contributed by atoms with Gasteiger partial charge in [0.2, 0.25) is 0 Å². The number of hydrazine groups is 1. The van der Waals surface area contributed by atoms with Gasteiger partial charge in [-0.2, -0.15) is 11.8 Å². The second kappa shape index (κ2) is 5.64. The Morgan fingerprint density at radius 3 is 2.94 bits per heavy atom. The molecule has 2 nitrogen and oxygen atoms in total. The van der Waals surface area contributed by atoms with Crippen molar-refractivity contribution in [3.63, 3.8) is 0 Å². The van der Waals surface area contributed by atoms with E-state index in [-0.39, 0.29) is 0 Å². The molecule has 98 valence electrons. The third-order valence-corrected chi connectivity index (χ3v) is 5.89. The van der Waals surface area contributed by atoms with Crippen LogP contribution in [0.2, 0.25) is 0 Å². The normalized spacial score (nSPS) is 28.3. The molecule has 1 fully saturated rings. The molecule has 18 heavy (non-hydrogen) atoms. The summed E-state index contributed by atoms with van der Waals surface area (Å²) in [6.07, 6.45) is 6.52. The predicted octanol–water partition coefficient (Wildman–Crippen LogP) is 2.83. The Bertz CT molecular complexity index is 401. The highest BCUT2D eigenvalue weighted by Gasteiger charge is 2.31. The van der Waals surface area contributed by atoms with Crippen molar-refractivity contribution in [1.29, 1.82) is 0 Å². The Hall–Kier alpha value is -0.510. The molecule has 1 saturated heterocycles. The van der Waals surface area contributed by atoms with Crippen molar-refractivity contribution in [3.05, 3.63) is 35.4 Å². The van der Waals surface area contributed by atoms with Crippen molar-refractivity contribution in [2.24, 2.45) is 5.84 Å². The zero-order valence-electron chi connectivity index (χ0n) is 10.8. The van der Waals surface area contributed by atoms with E-state index in [1.807, 2.05) is 0 Å². The highest BCUT2D eigenvalue weighted by molar-refractivity contribution is 8.00. The van der Waals surface area contributed by atoms with Crippen LogP contribution < -0.4 is 11.3 Å². The number of hydrogen-bond donors (Lipinski definition) is 2. The largest absolute Gasteiger partial charge is 0.271 e. The lowest BCUT2D eigenvalue weighted by molar-refractivity contribution is 0.397. The number of fused-ring (bicyclic) bond motifs is 1. The summed E-state index contributed by atoms with van der Waals surface area (Å²) >= 11 is 2.11. The average Bonchev–Trinajstić information content (AvgIpc) is 2.41. The van der Waals surface area contributed by atoms with Gasteiger partial charge in [0.15, 0.2) is 0 Å². The molecular weight excluding hydrogens is 240 g/mol. The predicted molar refractivity (Wildman–Crippen MR) is 78.7 cm³/mol. The molecule has 3 rings (SSSR count). The van der Waals surface area contributed by atoms with E-state index in [0.29, 0.717) is 6.04 Å². The summed E-state index contributed by atoms with van der Waals surface area (Å²) in [5.41, 5.74) is 6.17. The molecule has 3 unspecified atom stereocenters. The average molecular weight is 262 g/mol. The highest BCUT2D eigenvalue weighted by Crippen LogP contribution is 2.40. The summed E-state index contributed by atoms with van der Waals surface area (Å²) in [6.45, 7) is 0. The molecule has 0 saturated carbocycles. The van der Waals surface area contributed by atoms with Crippen LogP contribution in [0.15, 0.2) is 24.3 Å². The van der Waals surface area contributed by atoms with Gasteiger partial charge in [-0.25, -0.2) is 0 Å². The molecule has 0 bridgehead atoms. The smallest absolute Gasteiger partial charge is 0.0335 e. The first kappa shape index (κ1) is 12.5. The van der Waals surface area contributed by atoms with Gasteiger partial charge in [-0.3, -0.25) is 11.3 Å². The fourth-order valence-corrected chi connectivity index (χ4v) is 4.72. The van der Waals surface area contributed by atoms with Crippen LogP contribution in [0.1, 0.15) is 42.7 Å². The maximum Gasteiger partial charge on any atom is 0.0335 e. The zero-order chi connectivity index (χ0) is 12.4. The van der Waals surface area contributed by atoms with Crippen LogP contribution in [0.4, 0.5) is 0 Å². The molecular formula is C15H22N2S. The lowest BCUT2D eigenvalue weighted by Crippen LogP contribution is -2.45. The van der Waals surface area contributed by atoms with Gasteiger partial charge >= 0.3 is 0 Å². The molecule has 0 aromatic heterocycles. The molecule has 1 aromatic carbocycles. The Kier molecular flexibility index (Phi) is 3.92. The summed E-state index contributed by atoms with van der Waals surface area (Å²) in [5, 5.41) is 0.719. The lowest BCUT2D eigenvalue weighted by Gasteiger charge is -2.36. The van der Waals surface area contributed by atoms with E-state index >= 15 is 0 Å². The summed E-state index contributed by atoms with van der Waals surface area (Å²) in [6, 6.07) is 9.32. The first-order chi connectivity index (χ1) is 8.88. The minimum Gasteiger partial charge on any atom is -0.271 e. The number of nitrogens with one attached hydrogen (secondary N) is 1. The van der Waals surface area contributed by atoms with Gasteiger partial charge < -0.3 is 0 Å². The molecule has 1 aliphatic heterocycles. The third-order valence-electron chi connectivity index (χ3n) is 4.38. The van der Waals surface area contributed by atoms with Crippen molar-refractivity contribution in [2.45, 2.75) is 49.3 Å². The highest BCUT2D eigenvalue weighted by atomic mass is 32.2. The Labute approximate surface area is 114 Å². The second-order valence-electron chi connectivity index (χ2n) is 5.51. The number of nitrogens with two attached hydrogens (primary N) is 1. The van der Waals surface area contributed by atoms with Gasteiger partial charge in [-0.1, -0.05) is 30.7 Å². The number of rotatable bonds is 4. The van der Waals surface area contributed by atoms with E-state index in [9.17, 15) is 0 Å². The molecule has 1 aromatic rings. The van der Waals surface area contributed by atoms with Crippen molar-refractivity contribution >= 4 is 11.8 Å². The SMILES string of the molecule is NNC(CC1Cc2ccccc21)C1CCCCS1. The van der Waals surface area contributed by atoms with Crippen LogP contribution in [0.25, 0.3) is 0 Å². The van der Waals surface area contributed by atoms with E-state index in [4.69, 9.17) is 5.84 Å². The van der Waals surface area contributed by atoms with Gasteiger partial charge in [0, 0.05) is 11.3 Å². The lowest BCUT2D eigenvalue weighted by atomic mass is 9.74.